The van der Waals surface area contributed by atoms with Gasteiger partial charge in [-0.3, -0.25) is 4.79 Å². The van der Waals surface area contributed by atoms with Crippen molar-refractivity contribution in [1.82, 2.24) is 0 Å². The predicted molar refractivity (Wildman–Crippen MR) is 118 cm³/mol. The number of nitrogens with zero attached hydrogens (tertiary/aromatic N) is 1. The molecule has 0 radical (unpaired) electrons. The van der Waals surface area contributed by atoms with Gasteiger partial charge in [-0.25, -0.2) is 4.39 Å². The topological polar surface area (TPSA) is 20.3 Å². The molecule has 1 saturated heterocycles. The van der Waals surface area contributed by atoms with Gasteiger partial charge in [0.05, 0.1) is 26.3 Å². The summed E-state index contributed by atoms with van der Waals surface area (Å²) in [7, 11) is 0. The van der Waals surface area contributed by atoms with Gasteiger partial charge in [0.15, 0.2) is 6.29 Å². The molecule has 12 heteroatoms. The van der Waals surface area contributed by atoms with Crippen molar-refractivity contribution >= 4 is 52.6 Å². The molecule has 1 atom stereocenters. The lowest BCUT2D eigenvalue weighted by molar-refractivity contribution is -0.139. The number of alkyl halides is 6. The number of anilines is 1. The van der Waals surface area contributed by atoms with Gasteiger partial charge in [-0.15, -0.1) is 0 Å². The van der Waals surface area contributed by atoms with E-state index in [2.05, 4.69) is 0 Å². The number of rotatable bonds is 5. The number of benzene rings is 2. The summed E-state index contributed by atoms with van der Waals surface area (Å²) in [4.78, 5) is 12.5. The van der Waals surface area contributed by atoms with E-state index in [1.807, 2.05) is 0 Å². The molecular formula is C22H15Cl3F7NO. The predicted octanol–water partition coefficient (Wildman–Crippen LogP) is 8.73. The number of hydrogen-bond acceptors (Lipinski definition) is 2. The van der Waals surface area contributed by atoms with Crippen LogP contribution in [0.1, 0.15) is 45.8 Å². The molecule has 0 spiro atoms. The maximum atomic E-state index is 15.4. The van der Waals surface area contributed by atoms with Crippen molar-refractivity contribution in [3.63, 3.8) is 0 Å². The average Bonchev–Trinajstić information content (AvgIpc) is 3.27. The first kappa shape index (κ1) is 26.6. The van der Waals surface area contributed by atoms with E-state index in [1.165, 1.54) is 4.90 Å². The van der Waals surface area contributed by atoms with Crippen LogP contribution in [0.4, 0.5) is 36.4 Å². The van der Waals surface area contributed by atoms with Crippen LogP contribution in [0.2, 0.25) is 15.1 Å². The Morgan fingerprint density at radius 3 is 2.00 bits per heavy atom. The minimum absolute atomic E-state index is 0.0238. The van der Waals surface area contributed by atoms with E-state index in [-0.39, 0.29) is 40.5 Å². The lowest BCUT2D eigenvalue weighted by Gasteiger charge is -2.27. The first-order valence-electron chi connectivity index (χ1n) is 9.79. The third-order valence-corrected chi connectivity index (χ3v) is 6.53. The van der Waals surface area contributed by atoms with E-state index in [1.54, 1.807) is 0 Å². The summed E-state index contributed by atoms with van der Waals surface area (Å²) < 4.78 is 98.6. The maximum absolute atomic E-state index is 15.4. The minimum atomic E-state index is -5.05. The molecule has 1 heterocycles. The zero-order valence-corrected chi connectivity index (χ0v) is 19.3. The first-order valence-corrected chi connectivity index (χ1v) is 10.9. The highest BCUT2D eigenvalue weighted by Gasteiger charge is 2.42. The monoisotopic (exact) mass is 547 g/mol. The third kappa shape index (κ3) is 5.47. The smallest absolute Gasteiger partial charge is 0.370 e. The van der Waals surface area contributed by atoms with Crippen LogP contribution in [0.3, 0.4) is 0 Å². The second kappa shape index (κ2) is 9.95. The Hall–Kier alpha value is -1.97. The van der Waals surface area contributed by atoms with Crippen molar-refractivity contribution in [2.45, 2.75) is 31.1 Å². The van der Waals surface area contributed by atoms with E-state index < -0.39 is 52.0 Å². The van der Waals surface area contributed by atoms with Gasteiger partial charge in [-0.05, 0) is 42.7 Å². The number of carbonyl (C=O) groups is 1. The van der Waals surface area contributed by atoms with E-state index in [0.29, 0.717) is 12.8 Å². The lowest BCUT2D eigenvalue weighted by atomic mass is 9.94. The largest absolute Gasteiger partial charge is 0.419 e. The zero-order valence-electron chi connectivity index (χ0n) is 17.0. The van der Waals surface area contributed by atoms with Gasteiger partial charge in [-0.2, -0.15) is 26.3 Å². The molecule has 0 N–H and O–H groups in total. The molecule has 0 saturated carbocycles. The summed E-state index contributed by atoms with van der Waals surface area (Å²) in [6.45, 7) is 0.244. The summed E-state index contributed by atoms with van der Waals surface area (Å²) in [5.74, 6) is -4.14. The van der Waals surface area contributed by atoms with Crippen LogP contribution < -0.4 is 4.90 Å². The molecule has 3 rings (SSSR count). The second-order valence-electron chi connectivity index (χ2n) is 7.57. The minimum Gasteiger partial charge on any atom is -0.370 e. The molecule has 1 unspecified atom stereocenters. The highest BCUT2D eigenvalue weighted by Crippen LogP contribution is 2.46. The van der Waals surface area contributed by atoms with Crippen LogP contribution >= 0.6 is 34.8 Å². The van der Waals surface area contributed by atoms with Gasteiger partial charge >= 0.3 is 12.4 Å². The molecule has 2 aromatic carbocycles. The number of hydrogen-bond donors (Lipinski definition) is 0. The molecule has 1 aliphatic heterocycles. The van der Waals surface area contributed by atoms with Crippen molar-refractivity contribution in [1.29, 1.82) is 0 Å². The van der Waals surface area contributed by atoms with E-state index in [4.69, 9.17) is 34.8 Å². The molecule has 0 bridgehead atoms. The fourth-order valence-corrected chi connectivity index (χ4v) is 4.45. The standard InChI is InChI=1S/C22H15Cl3F7NO/c23-15-7-12(8-16(24)19(15)25)14(21(27,28)29)9-17(26)13-4-3-11(10-34)18(22(30,31)32)20(13)33-5-1-2-6-33/h3-4,7-10,14H,1-2,5-6H2/b17-9-. The van der Waals surface area contributed by atoms with Crippen LogP contribution in [-0.2, 0) is 6.18 Å². The summed E-state index contributed by atoms with van der Waals surface area (Å²) in [5.41, 5.74) is -4.07. The van der Waals surface area contributed by atoms with Crippen LogP contribution in [0.5, 0.6) is 0 Å². The van der Waals surface area contributed by atoms with E-state index in [0.717, 1.165) is 24.3 Å². The Bertz CT molecular complexity index is 1100. The molecular weight excluding hydrogens is 534 g/mol. The van der Waals surface area contributed by atoms with Crippen molar-refractivity contribution in [2.75, 3.05) is 18.0 Å². The summed E-state index contributed by atoms with van der Waals surface area (Å²) >= 11 is 17.4. The quantitative estimate of drug-likeness (QED) is 0.212. The van der Waals surface area contributed by atoms with Gasteiger partial charge in [0.2, 0.25) is 0 Å². The second-order valence-corrected chi connectivity index (χ2v) is 8.76. The van der Waals surface area contributed by atoms with Crippen molar-refractivity contribution < 1.29 is 35.5 Å². The molecule has 184 valence electrons. The Labute approximate surface area is 204 Å². The van der Waals surface area contributed by atoms with Crippen LogP contribution in [0, 0.1) is 0 Å². The number of carbonyl (C=O) groups excluding carboxylic acids is 1. The lowest BCUT2D eigenvalue weighted by Crippen LogP contribution is -2.25. The summed E-state index contributed by atoms with van der Waals surface area (Å²) in [6, 6.07) is 3.32. The highest BCUT2D eigenvalue weighted by atomic mass is 35.5. The summed E-state index contributed by atoms with van der Waals surface area (Å²) in [5, 5.41) is -0.813. The molecule has 0 aromatic heterocycles. The molecule has 1 aliphatic rings. The van der Waals surface area contributed by atoms with Crippen molar-refractivity contribution in [3.05, 3.63) is 67.7 Å². The van der Waals surface area contributed by atoms with Crippen molar-refractivity contribution in [3.8, 4) is 0 Å². The number of halogens is 10. The molecule has 1 fully saturated rings. The average molecular weight is 549 g/mol. The molecule has 34 heavy (non-hydrogen) atoms. The molecule has 2 aromatic rings. The van der Waals surface area contributed by atoms with Gasteiger partial charge in [0.25, 0.3) is 0 Å². The molecule has 0 amide bonds. The van der Waals surface area contributed by atoms with Gasteiger partial charge in [0.1, 0.15) is 11.7 Å². The normalized spacial score (nSPS) is 16.2. The van der Waals surface area contributed by atoms with Crippen LogP contribution in [-0.4, -0.2) is 25.6 Å². The van der Waals surface area contributed by atoms with Gasteiger partial charge in [0, 0.05) is 24.2 Å². The number of allylic oxidation sites excluding steroid dienone is 1. The van der Waals surface area contributed by atoms with E-state index >= 15 is 4.39 Å². The van der Waals surface area contributed by atoms with Crippen molar-refractivity contribution in [2.24, 2.45) is 0 Å². The Morgan fingerprint density at radius 2 is 1.53 bits per heavy atom. The Balaban J connectivity index is 2.25. The highest BCUT2D eigenvalue weighted by molar-refractivity contribution is 6.48. The Kier molecular flexibility index (Phi) is 7.79. The maximum Gasteiger partial charge on any atom is 0.419 e. The van der Waals surface area contributed by atoms with Crippen LogP contribution in [0.15, 0.2) is 30.3 Å². The SMILES string of the molecule is O=Cc1ccc(/C(F)=C/C(c2cc(Cl)c(Cl)c(Cl)c2)C(F)(F)F)c(N2CCCC2)c1C(F)(F)F. The Morgan fingerprint density at radius 1 is 0.971 bits per heavy atom. The van der Waals surface area contributed by atoms with Crippen LogP contribution in [0.25, 0.3) is 5.83 Å². The van der Waals surface area contributed by atoms with Gasteiger partial charge < -0.3 is 4.90 Å². The fraction of sp³-hybridized carbons (Fsp3) is 0.318. The zero-order chi connectivity index (χ0) is 25.4. The third-order valence-electron chi connectivity index (χ3n) is 5.33. The number of aldehydes is 1. The fourth-order valence-electron chi connectivity index (χ4n) is 3.84. The summed E-state index contributed by atoms with van der Waals surface area (Å²) in [6.07, 6.45) is -8.96. The van der Waals surface area contributed by atoms with Gasteiger partial charge in [-0.1, -0.05) is 40.9 Å². The molecule has 2 nitrogen and oxygen atoms in total. The molecule has 0 aliphatic carbocycles. The first-order chi connectivity index (χ1) is 15.8. The van der Waals surface area contributed by atoms with E-state index in [9.17, 15) is 31.1 Å².